The van der Waals surface area contributed by atoms with E-state index in [1.165, 1.54) is 33.0 Å². The van der Waals surface area contributed by atoms with E-state index in [2.05, 4.69) is 199 Å². The number of hydrogen-bond donors (Lipinski definition) is 0. The van der Waals surface area contributed by atoms with Crippen LogP contribution in [0.1, 0.15) is 52.7 Å². The van der Waals surface area contributed by atoms with Crippen LogP contribution in [0.3, 0.4) is 0 Å². The summed E-state index contributed by atoms with van der Waals surface area (Å²) >= 11 is 0. The van der Waals surface area contributed by atoms with Crippen molar-refractivity contribution in [2.75, 3.05) is 4.90 Å². The van der Waals surface area contributed by atoms with Crippen LogP contribution in [-0.2, 0) is 10.8 Å². The van der Waals surface area contributed by atoms with E-state index in [1.807, 2.05) is 18.2 Å². The van der Waals surface area contributed by atoms with Crippen LogP contribution in [0, 0.1) is 0 Å². The maximum absolute atomic E-state index is 9.73. The van der Waals surface area contributed by atoms with Gasteiger partial charge in [-0.3, -0.25) is 0 Å². The van der Waals surface area contributed by atoms with Gasteiger partial charge in [0.1, 0.15) is 0 Å². The summed E-state index contributed by atoms with van der Waals surface area (Å²) in [4.78, 5) is 2.44. The number of benzene rings is 10. The number of rotatable bonds is 4. The summed E-state index contributed by atoms with van der Waals surface area (Å²) in [5.74, 6) is 0. The van der Waals surface area contributed by atoms with Crippen LogP contribution < -0.4 is 4.90 Å². The molecule has 0 aliphatic heterocycles. The number of anilines is 3. The van der Waals surface area contributed by atoms with Gasteiger partial charge in [-0.25, -0.2) is 0 Å². The van der Waals surface area contributed by atoms with Gasteiger partial charge in [0.25, 0.3) is 0 Å². The molecule has 0 N–H and O–H groups in total. The van der Waals surface area contributed by atoms with Crippen molar-refractivity contribution in [1.29, 1.82) is 0 Å². The van der Waals surface area contributed by atoms with Crippen molar-refractivity contribution in [1.82, 2.24) is 4.57 Å². The number of fused-ring (bicyclic) bond motifs is 15. The van der Waals surface area contributed by atoms with Crippen LogP contribution in [0.5, 0.6) is 0 Å². The molecule has 2 nitrogen and oxygen atoms in total. The summed E-state index contributed by atoms with van der Waals surface area (Å²) < 4.78 is 39.5. The fraction of sp³-hybridized carbons (Fsp3) is 0.0645. The van der Waals surface area contributed by atoms with E-state index in [-0.39, 0.29) is 29.6 Å². The SMILES string of the molecule is [2H]c1c([2H])c([2H])c2c(c1[2H])-c1ccccc1C21c2ccccc2-c2cccc3c(N(c4ccc5c(c4)C(C)(C)c4ccccc4-5)c4ccc5c6ccccc6n(-c6ccccc6)c5c4)ccc1c23. The minimum Gasteiger partial charge on any atom is -0.310 e. The molecule has 0 amide bonds. The molecule has 0 fully saturated rings. The summed E-state index contributed by atoms with van der Waals surface area (Å²) in [5.41, 5.74) is 17.5. The third-order valence-electron chi connectivity index (χ3n) is 14.7. The first-order valence-corrected chi connectivity index (χ1v) is 22.2. The predicted molar refractivity (Wildman–Crippen MR) is 267 cm³/mol. The van der Waals surface area contributed by atoms with Crippen molar-refractivity contribution in [2.45, 2.75) is 24.7 Å². The Bertz CT molecular complexity index is 4020. The molecule has 0 saturated heterocycles. The van der Waals surface area contributed by atoms with E-state index in [4.69, 9.17) is 2.74 Å². The summed E-state index contributed by atoms with van der Waals surface area (Å²) in [6.45, 7) is 4.67. The van der Waals surface area contributed by atoms with Gasteiger partial charge in [-0.2, -0.15) is 0 Å². The highest BCUT2D eigenvalue weighted by molar-refractivity contribution is 6.14. The lowest BCUT2D eigenvalue weighted by Crippen LogP contribution is -2.32. The summed E-state index contributed by atoms with van der Waals surface area (Å²) in [6.07, 6.45) is 0. The second-order valence-electron chi connectivity index (χ2n) is 18.1. The van der Waals surface area contributed by atoms with Gasteiger partial charge in [-0.05, 0) is 121 Å². The fourth-order valence-electron chi connectivity index (χ4n) is 12.0. The molecule has 64 heavy (non-hydrogen) atoms. The van der Waals surface area contributed by atoms with Crippen LogP contribution >= 0.6 is 0 Å². The highest BCUT2D eigenvalue weighted by Crippen LogP contribution is 2.63. The van der Waals surface area contributed by atoms with Crippen molar-refractivity contribution in [3.63, 3.8) is 0 Å². The van der Waals surface area contributed by atoms with Gasteiger partial charge >= 0.3 is 0 Å². The Labute approximate surface area is 378 Å². The molecule has 1 spiro atoms. The lowest BCUT2D eigenvalue weighted by atomic mass is 9.61. The smallest absolute Gasteiger partial charge is 0.0725 e. The minimum absolute atomic E-state index is 0.00547. The lowest BCUT2D eigenvalue weighted by molar-refractivity contribution is 0.660. The first-order valence-electron chi connectivity index (χ1n) is 24.2. The lowest BCUT2D eigenvalue weighted by Gasteiger charge is -2.40. The summed E-state index contributed by atoms with van der Waals surface area (Å²) in [7, 11) is 0. The summed E-state index contributed by atoms with van der Waals surface area (Å²) in [6, 6.07) is 69.3. The minimum atomic E-state index is -1.02. The van der Waals surface area contributed by atoms with Crippen molar-refractivity contribution in [3.05, 3.63) is 252 Å². The highest BCUT2D eigenvalue weighted by Gasteiger charge is 2.50. The van der Waals surface area contributed by atoms with Gasteiger partial charge in [0.15, 0.2) is 0 Å². The molecule has 3 aliphatic carbocycles. The molecule has 0 saturated carbocycles. The second kappa shape index (κ2) is 12.8. The molecule has 10 aromatic carbocycles. The van der Waals surface area contributed by atoms with E-state index in [9.17, 15) is 2.74 Å². The number of para-hydroxylation sites is 2. The Kier molecular flexibility index (Phi) is 6.37. The largest absolute Gasteiger partial charge is 0.310 e. The third-order valence-corrected chi connectivity index (χ3v) is 14.7. The summed E-state index contributed by atoms with van der Waals surface area (Å²) in [5, 5.41) is 4.49. The molecule has 1 unspecified atom stereocenters. The molecule has 11 aromatic rings. The van der Waals surface area contributed by atoms with E-state index in [0.717, 1.165) is 77.9 Å². The molecule has 2 heteroatoms. The molecule has 0 radical (unpaired) electrons. The maximum atomic E-state index is 9.73. The monoisotopic (exact) mass is 818 g/mol. The zero-order chi connectivity index (χ0) is 45.8. The van der Waals surface area contributed by atoms with Crippen LogP contribution in [0.2, 0.25) is 0 Å². The molecule has 1 atom stereocenters. The Morgan fingerprint density at radius 3 is 1.81 bits per heavy atom. The zero-order valence-electron chi connectivity index (χ0n) is 39.4. The Hall–Kier alpha value is -7.94. The van der Waals surface area contributed by atoms with Gasteiger partial charge in [0.05, 0.1) is 27.6 Å². The standard InChI is InChI=1S/C62H42N2/c1-61(2)51-26-11-6-19-42(51)46-33-31-40(37-56(46)61)63(41-32-34-48-47-23-10-15-30-57(47)64(59(48)38-41)39-17-4-3-5-18-39)58-36-35-55-60-49(24-16-25-50(58)60)45-22-9-14-29-54(45)62(55)52-27-12-7-20-43(52)44-21-8-13-28-53(44)62/h3-38H,1-2H3/i7D,12D,20D,27D. The second-order valence-corrected chi connectivity index (χ2v) is 18.1. The van der Waals surface area contributed by atoms with Crippen LogP contribution in [0.25, 0.3) is 71.6 Å². The molecule has 14 rings (SSSR count). The number of aromatic nitrogens is 1. The predicted octanol–water partition coefficient (Wildman–Crippen LogP) is 16.1. The van der Waals surface area contributed by atoms with Gasteiger partial charge in [0.2, 0.25) is 0 Å². The quantitative estimate of drug-likeness (QED) is 0.172. The zero-order valence-corrected chi connectivity index (χ0v) is 35.4. The van der Waals surface area contributed by atoms with Gasteiger partial charge in [0, 0.05) is 38.6 Å². The molecule has 1 aromatic heterocycles. The van der Waals surface area contributed by atoms with Gasteiger partial charge in [-0.1, -0.05) is 184 Å². The van der Waals surface area contributed by atoms with E-state index >= 15 is 0 Å². The van der Waals surface area contributed by atoms with Crippen LogP contribution in [0.4, 0.5) is 17.1 Å². The Morgan fingerprint density at radius 2 is 1.00 bits per heavy atom. The highest BCUT2D eigenvalue weighted by atomic mass is 15.1. The number of nitrogens with zero attached hydrogens (tertiary/aromatic N) is 2. The topological polar surface area (TPSA) is 8.17 Å². The average molecular weight is 819 g/mol. The average Bonchev–Trinajstić information content (AvgIpc) is 3.96. The Morgan fingerprint density at radius 1 is 0.406 bits per heavy atom. The van der Waals surface area contributed by atoms with Crippen molar-refractivity contribution in [3.8, 4) is 39.1 Å². The first-order chi connectivity index (χ1) is 33.2. The molecule has 300 valence electrons. The van der Waals surface area contributed by atoms with Crippen LogP contribution in [0.15, 0.2) is 218 Å². The van der Waals surface area contributed by atoms with E-state index < -0.39 is 5.41 Å². The van der Waals surface area contributed by atoms with Crippen molar-refractivity contribution in [2.24, 2.45) is 0 Å². The first kappa shape index (κ1) is 31.8. The maximum Gasteiger partial charge on any atom is 0.0725 e. The van der Waals surface area contributed by atoms with E-state index in [0.29, 0.717) is 11.1 Å². The number of hydrogen-bond acceptors (Lipinski definition) is 1. The molecule has 1 heterocycles. The Balaban J connectivity index is 1.10. The molecular weight excluding hydrogens is 773 g/mol. The molecule has 3 aliphatic rings. The van der Waals surface area contributed by atoms with Crippen molar-refractivity contribution >= 4 is 49.6 Å². The third kappa shape index (κ3) is 4.49. The normalized spacial score (nSPS) is 16.7. The molecular formula is C62H42N2. The fourth-order valence-corrected chi connectivity index (χ4v) is 12.0. The van der Waals surface area contributed by atoms with Gasteiger partial charge in [-0.15, -0.1) is 0 Å². The van der Waals surface area contributed by atoms with Crippen molar-refractivity contribution < 1.29 is 5.48 Å². The molecule has 0 bridgehead atoms. The van der Waals surface area contributed by atoms with Crippen LogP contribution in [-0.4, -0.2) is 4.57 Å². The van der Waals surface area contributed by atoms with Gasteiger partial charge < -0.3 is 9.47 Å². The van der Waals surface area contributed by atoms with E-state index in [1.54, 1.807) is 0 Å².